The summed E-state index contributed by atoms with van der Waals surface area (Å²) >= 11 is 0. The standard InChI is InChI=1S/C17H18N4O2/c1-11-5-13(21-23-11)9-22-14-4-2-3-12(6-14)15-7-18-8-16-17(15)20-10-19-16/h2-6,10,15,18H,7-9H2,1H3,(H,19,20). The Morgan fingerprint density at radius 3 is 3.17 bits per heavy atom. The second kappa shape index (κ2) is 5.89. The van der Waals surface area contributed by atoms with Crippen LogP contribution in [0.5, 0.6) is 5.75 Å². The van der Waals surface area contributed by atoms with Crippen molar-refractivity contribution < 1.29 is 9.26 Å². The van der Waals surface area contributed by atoms with Crippen molar-refractivity contribution in [3.8, 4) is 5.75 Å². The number of hydrogen-bond acceptors (Lipinski definition) is 5. The van der Waals surface area contributed by atoms with E-state index in [9.17, 15) is 0 Å². The Bertz CT molecular complexity index is 808. The highest BCUT2D eigenvalue weighted by Gasteiger charge is 2.24. The van der Waals surface area contributed by atoms with Gasteiger partial charge in [0.2, 0.25) is 0 Å². The number of benzene rings is 1. The number of rotatable bonds is 4. The molecule has 0 fully saturated rings. The van der Waals surface area contributed by atoms with Crippen molar-refractivity contribution in [1.29, 1.82) is 0 Å². The summed E-state index contributed by atoms with van der Waals surface area (Å²) in [6.45, 7) is 3.99. The number of aromatic amines is 1. The fourth-order valence-corrected chi connectivity index (χ4v) is 2.95. The molecule has 0 saturated carbocycles. The lowest BCUT2D eigenvalue weighted by Crippen LogP contribution is -2.28. The maximum atomic E-state index is 5.84. The molecule has 3 aromatic rings. The summed E-state index contributed by atoms with van der Waals surface area (Å²) in [6.07, 6.45) is 1.76. The first-order chi connectivity index (χ1) is 11.3. The highest BCUT2D eigenvalue weighted by Crippen LogP contribution is 2.29. The number of aryl methyl sites for hydroxylation is 1. The topological polar surface area (TPSA) is 76.0 Å². The van der Waals surface area contributed by atoms with E-state index in [0.717, 1.165) is 41.7 Å². The SMILES string of the molecule is Cc1cc(COc2cccc(C3CNCc4[nH]cnc43)c2)no1. The summed E-state index contributed by atoms with van der Waals surface area (Å²) in [7, 11) is 0. The Balaban J connectivity index is 1.53. The van der Waals surface area contributed by atoms with Gasteiger partial charge in [-0.15, -0.1) is 0 Å². The number of fused-ring (bicyclic) bond motifs is 1. The number of H-pyrrole nitrogens is 1. The maximum Gasteiger partial charge on any atom is 0.134 e. The molecule has 0 radical (unpaired) electrons. The Hall–Kier alpha value is -2.60. The molecular formula is C17H18N4O2. The minimum atomic E-state index is 0.239. The first-order valence-electron chi connectivity index (χ1n) is 7.67. The molecule has 6 nitrogen and oxygen atoms in total. The van der Waals surface area contributed by atoms with Crippen molar-refractivity contribution in [2.24, 2.45) is 0 Å². The van der Waals surface area contributed by atoms with Crippen molar-refractivity contribution in [3.63, 3.8) is 0 Å². The third kappa shape index (κ3) is 2.85. The molecule has 0 saturated heterocycles. The lowest BCUT2D eigenvalue weighted by Gasteiger charge is -2.23. The number of ether oxygens (including phenoxy) is 1. The molecule has 0 spiro atoms. The molecule has 118 valence electrons. The van der Waals surface area contributed by atoms with Crippen LogP contribution in [0.3, 0.4) is 0 Å². The van der Waals surface area contributed by atoms with Crippen LogP contribution in [0.1, 0.15) is 34.3 Å². The minimum Gasteiger partial charge on any atom is -0.487 e. The molecule has 2 aromatic heterocycles. The lowest BCUT2D eigenvalue weighted by molar-refractivity contribution is 0.287. The Kier molecular flexibility index (Phi) is 3.59. The Labute approximate surface area is 133 Å². The van der Waals surface area contributed by atoms with E-state index in [1.165, 1.54) is 5.56 Å². The van der Waals surface area contributed by atoms with Crippen LogP contribution >= 0.6 is 0 Å². The molecule has 4 rings (SSSR count). The number of imidazole rings is 1. The monoisotopic (exact) mass is 310 g/mol. The largest absolute Gasteiger partial charge is 0.487 e. The molecule has 3 heterocycles. The number of hydrogen-bond donors (Lipinski definition) is 2. The molecule has 6 heteroatoms. The Morgan fingerprint density at radius 1 is 1.35 bits per heavy atom. The van der Waals surface area contributed by atoms with Crippen LogP contribution in [0.2, 0.25) is 0 Å². The zero-order valence-electron chi connectivity index (χ0n) is 12.9. The molecule has 1 aromatic carbocycles. The second-order valence-electron chi connectivity index (χ2n) is 5.74. The average molecular weight is 310 g/mol. The van der Waals surface area contributed by atoms with Gasteiger partial charge in [0.1, 0.15) is 23.8 Å². The predicted molar refractivity (Wildman–Crippen MR) is 84.2 cm³/mol. The van der Waals surface area contributed by atoms with Gasteiger partial charge in [-0.05, 0) is 24.6 Å². The van der Waals surface area contributed by atoms with Gasteiger partial charge in [-0.25, -0.2) is 4.98 Å². The number of nitrogens with one attached hydrogen (secondary N) is 2. The van der Waals surface area contributed by atoms with E-state index in [0.29, 0.717) is 6.61 Å². The molecule has 2 N–H and O–H groups in total. The highest BCUT2D eigenvalue weighted by atomic mass is 16.5. The summed E-state index contributed by atoms with van der Waals surface area (Å²) in [4.78, 5) is 7.68. The van der Waals surface area contributed by atoms with Crippen LogP contribution in [0.15, 0.2) is 41.2 Å². The third-order valence-electron chi connectivity index (χ3n) is 4.06. The smallest absolute Gasteiger partial charge is 0.134 e. The minimum absolute atomic E-state index is 0.239. The van der Waals surface area contributed by atoms with E-state index in [1.807, 2.05) is 25.1 Å². The molecule has 1 aliphatic heterocycles. The summed E-state index contributed by atoms with van der Waals surface area (Å²) in [5.74, 6) is 1.85. The van der Waals surface area contributed by atoms with E-state index in [1.54, 1.807) is 6.33 Å². The zero-order chi connectivity index (χ0) is 15.6. The Morgan fingerprint density at radius 2 is 2.30 bits per heavy atom. The summed E-state index contributed by atoms with van der Waals surface area (Å²) in [5, 5.41) is 7.36. The van der Waals surface area contributed by atoms with Gasteiger partial charge in [-0.2, -0.15) is 0 Å². The molecule has 23 heavy (non-hydrogen) atoms. The summed E-state index contributed by atoms with van der Waals surface area (Å²) in [6, 6.07) is 10.0. The van der Waals surface area contributed by atoms with Crippen LogP contribution in [-0.4, -0.2) is 21.7 Å². The van der Waals surface area contributed by atoms with Gasteiger partial charge in [0.15, 0.2) is 0 Å². The van der Waals surface area contributed by atoms with Crippen molar-refractivity contribution in [2.45, 2.75) is 26.0 Å². The van der Waals surface area contributed by atoms with Crippen LogP contribution in [-0.2, 0) is 13.2 Å². The van der Waals surface area contributed by atoms with Gasteiger partial charge in [0.05, 0.1) is 17.7 Å². The normalized spacial score (nSPS) is 17.0. The summed E-state index contributed by atoms with van der Waals surface area (Å²) in [5.41, 5.74) is 4.26. The fraction of sp³-hybridized carbons (Fsp3) is 0.294. The van der Waals surface area contributed by atoms with Crippen molar-refractivity contribution >= 4 is 0 Å². The molecule has 0 amide bonds. The first kappa shape index (κ1) is 14.0. The van der Waals surface area contributed by atoms with Gasteiger partial charge >= 0.3 is 0 Å². The van der Waals surface area contributed by atoms with Gasteiger partial charge in [0, 0.05) is 25.1 Å². The molecule has 0 aliphatic carbocycles. The fourth-order valence-electron chi connectivity index (χ4n) is 2.95. The van der Waals surface area contributed by atoms with Crippen LogP contribution in [0.25, 0.3) is 0 Å². The number of aromatic nitrogens is 3. The van der Waals surface area contributed by atoms with Crippen molar-refractivity contribution in [3.05, 3.63) is 65.1 Å². The number of nitrogens with zero attached hydrogens (tertiary/aromatic N) is 2. The van der Waals surface area contributed by atoms with E-state index in [4.69, 9.17) is 9.26 Å². The van der Waals surface area contributed by atoms with E-state index >= 15 is 0 Å². The lowest BCUT2D eigenvalue weighted by atomic mass is 9.92. The van der Waals surface area contributed by atoms with Crippen LogP contribution in [0.4, 0.5) is 0 Å². The molecule has 1 unspecified atom stereocenters. The molecule has 1 aliphatic rings. The van der Waals surface area contributed by atoms with Crippen molar-refractivity contribution in [1.82, 2.24) is 20.4 Å². The van der Waals surface area contributed by atoms with Crippen LogP contribution < -0.4 is 10.1 Å². The van der Waals surface area contributed by atoms with Gasteiger partial charge in [-0.3, -0.25) is 0 Å². The zero-order valence-corrected chi connectivity index (χ0v) is 12.9. The van der Waals surface area contributed by atoms with Crippen LogP contribution in [0, 0.1) is 6.92 Å². The van der Waals surface area contributed by atoms with Gasteiger partial charge in [-0.1, -0.05) is 17.3 Å². The van der Waals surface area contributed by atoms with Gasteiger partial charge in [0.25, 0.3) is 0 Å². The third-order valence-corrected chi connectivity index (χ3v) is 4.06. The molecule has 0 bridgehead atoms. The average Bonchev–Trinajstić information content (AvgIpc) is 3.21. The quantitative estimate of drug-likeness (QED) is 0.774. The summed E-state index contributed by atoms with van der Waals surface area (Å²) < 4.78 is 10.9. The highest BCUT2D eigenvalue weighted by molar-refractivity contribution is 5.38. The molecular weight excluding hydrogens is 292 g/mol. The van der Waals surface area contributed by atoms with E-state index in [2.05, 4.69) is 32.6 Å². The van der Waals surface area contributed by atoms with E-state index < -0.39 is 0 Å². The van der Waals surface area contributed by atoms with Gasteiger partial charge < -0.3 is 19.6 Å². The molecule has 1 atom stereocenters. The second-order valence-corrected chi connectivity index (χ2v) is 5.74. The maximum absolute atomic E-state index is 5.84. The van der Waals surface area contributed by atoms with E-state index in [-0.39, 0.29) is 5.92 Å². The first-order valence-corrected chi connectivity index (χ1v) is 7.67. The predicted octanol–water partition coefficient (Wildman–Crippen LogP) is 2.52. The van der Waals surface area contributed by atoms with Crippen molar-refractivity contribution in [2.75, 3.05) is 6.54 Å².